The van der Waals surface area contributed by atoms with Gasteiger partial charge in [-0.15, -0.1) is 11.3 Å². The fourth-order valence-corrected chi connectivity index (χ4v) is 3.56. The Labute approximate surface area is 126 Å². The molecule has 0 bridgehead atoms. The molecule has 1 atom stereocenters. The Balaban J connectivity index is 1.85. The van der Waals surface area contributed by atoms with Gasteiger partial charge in [0, 0.05) is 15.6 Å². The maximum absolute atomic E-state index is 10.7. The SMILES string of the molecule is OC(c1ccc2ccccc2n1)c1cccc2ccsc12. The third kappa shape index (κ3) is 2.11. The first-order chi connectivity index (χ1) is 10.3. The Hall–Kier alpha value is -2.23. The van der Waals surface area contributed by atoms with Gasteiger partial charge < -0.3 is 5.11 Å². The van der Waals surface area contributed by atoms with Crippen LogP contribution in [0.15, 0.2) is 66.0 Å². The van der Waals surface area contributed by atoms with E-state index in [1.54, 1.807) is 11.3 Å². The summed E-state index contributed by atoms with van der Waals surface area (Å²) in [5, 5.41) is 15.0. The maximum Gasteiger partial charge on any atom is 0.122 e. The molecule has 4 aromatic rings. The van der Waals surface area contributed by atoms with Gasteiger partial charge in [0.05, 0.1) is 11.2 Å². The van der Waals surface area contributed by atoms with Crippen LogP contribution in [0.25, 0.3) is 21.0 Å². The van der Waals surface area contributed by atoms with Crippen molar-refractivity contribution in [3.8, 4) is 0 Å². The normalized spacial score (nSPS) is 12.8. The number of nitrogens with zero attached hydrogens (tertiary/aromatic N) is 1. The highest BCUT2D eigenvalue weighted by Crippen LogP contribution is 2.32. The molecule has 0 radical (unpaired) electrons. The monoisotopic (exact) mass is 291 g/mol. The topological polar surface area (TPSA) is 33.1 Å². The number of hydrogen-bond donors (Lipinski definition) is 1. The molecule has 0 aliphatic heterocycles. The lowest BCUT2D eigenvalue weighted by atomic mass is 10.0. The number of thiophene rings is 1. The Morgan fingerprint density at radius 1 is 0.857 bits per heavy atom. The molecule has 0 aliphatic rings. The summed E-state index contributed by atoms with van der Waals surface area (Å²) in [5.74, 6) is 0. The van der Waals surface area contributed by atoms with Gasteiger partial charge >= 0.3 is 0 Å². The molecule has 0 spiro atoms. The van der Waals surface area contributed by atoms with Crippen molar-refractivity contribution < 1.29 is 5.11 Å². The van der Waals surface area contributed by atoms with Gasteiger partial charge in [-0.1, -0.05) is 42.5 Å². The molecule has 0 aliphatic carbocycles. The van der Waals surface area contributed by atoms with Crippen molar-refractivity contribution in [1.29, 1.82) is 0 Å². The highest BCUT2D eigenvalue weighted by molar-refractivity contribution is 7.17. The number of hydrogen-bond acceptors (Lipinski definition) is 3. The van der Waals surface area contributed by atoms with Gasteiger partial charge in [-0.2, -0.15) is 0 Å². The van der Waals surface area contributed by atoms with E-state index in [9.17, 15) is 5.11 Å². The third-order valence-electron chi connectivity index (χ3n) is 3.70. The van der Waals surface area contributed by atoms with Crippen LogP contribution in [-0.2, 0) is 0 Å². The number of aliphatic hydroxyl groups is 1. The van der Waals surface area contributed by atoms with E-state index in [0.717, 1.165) is 26.6 Å². The minimum absolute atomic E-state index is 0.689. The van der Waals surface area contributed by atoms with Crippen LogP contribution in [0.4, 0.5) is 0 Å². The van der Waals surface area contributed by atoms with Gasteiger partial charge in [0.25, 0.3) is 0 Å². The molecule has 4 rings (SSSR count). The lowest BCUT2D eigenvalue weighted by Crippen LogP contribution is -2.02. The summed E-state index contributed by atoms with van der Waals surface area (Å²) in [4.78, 5) is 4.60. The van der Waals surface area contributed by atoms with Crippen LogP contribution in [0, 0.1) is 0 Å². The van der Waals surface area contributed by atoms with Gasteiger partial charge in [0.15, 0.2) is 0 Å². The lowest BCUT2D eigenvalue weighted by molar-refractivity contribution is 0.217. The van der Waals surface area contributed by atoms with Crippen molar-refractivity contribution in [3.63, 3.8) is 0 Å². The quantitative estimate of drug-likeness (QED) is 0.588. The van der Waals surface area contributed by atoms with Gasteiger partial charge in [0.2, 0.25) is 0 Å². The van der Waals surface area contributed by atoms with Crippen LogP contribution < -0.4 is 0 Å². The Morgan fingerprint density at radius 3 is 2.67 bits per heavy atom. The summed E-state index contributed by atoms with van der Waals surface area (Å²) in [5.41, 5.74) is 2.52. The van der Waals surface area contributed by atoms with Gasteiger partial charge in [-0.25, -0.2) is 4.98 Å². The zero-order valence-electron chi connectivity index (χ0n) is 11.2. The van der Waals surface area contributed by atoms with Gasteiger partial charge in [-0.05, 0) is 29.0 Å². The number of aliphatic hydroxyl groups excluding tert-OH is 1. The number of fused-ring (bicyclic) bond motifs is 2. The van der Waals surface area contributed by atoms with Crippen molar-refractivity contribution in [2.75, 3.05) is 0 Å². The van der Waals surface area contributed by atoms with Crippen molar-refractivity contribution >= 4 is 32.3 Å². The van der Waals surface area contributed by atoms with Crippen LogP contribution in [0.5, 0.6) is 0 Å². The van der Waals surface area contributed by atoms with E-state index >= 15 is 0 Å². The number of pyridine rings is 1. The number of rotatable bonds is 2. The van der Waals surface area contributed by atoms with E-state index < -0.39 is 6.10 Å². The molecule has 1 N–H and O–H groups in total. The fraction of sp³-hybridized carbons (Fsp3) is 0.0556. The first kappa shape index (κ1) is 12.5. The average molecular weight is 291 g/mol. The van der Waals surface area contributed by atoms with E-state index in [0.29, 0.717) is 5.69 Å². The van der Waals surface area contributed by atoms with Gasteiger partial charge in [0.1, 0.15) is 6.10 Å². The molecule has 21 heavy (non-hydrogen) atoms. The summed E-state index contributed by atoms with van der Waals surface area (Å²) in [6.07, 6.45) is -0.697. The minimum atomic E-state index is -0.697. The molecule has 2 aromatic carbocycles. The second-order valence-electron chi connectivity index (χ2n) is 5.02. The molecule has 102 valence electrons. The second kappa shape index (κ2) is 4.95. The molecule has 0 fully saturated rings. The molecule has 0 saturated carbocycles. The van der Waals surface area contributed by atoms with Crippen LogP contribution in [0.2, 0.25) is 0 Å². The molecule has 0 saturated heterocycles. The van der Waals surface area contributed by atoms with Crippen LogP contribution in [0.1, 0.15) is 17.4 Å². The molecule has 1 unspecified atom stereocenters. The van der Waals surface area contributed by atoms with E-state index in [1.807, 2.05) is 48.5 Å². The van der Waals surface area contributed by atoms with E-state index in [2.05, 4.69) is 22.5 Å². The van der Waals surface area contributed by atoms with E-state index in [1.165, 1.54) is 0 Å². The highest BCUT2D eigenvalue weighted by Gasteiger charge is 2.15. The van der Waals surface area contributed by atoms with Gasteiger partial charge in [-0.3, -0.25) is 0 Å². The van der Waals surface area contributed by atoms with Crippen molar-refractivity contribution in [2.45, 2.75) is 6.10 Å². The molecule has 3 heteroatoms. The molecule has 0 amide bonds. The Bertz CT molecular complexity index is 928. The molecule has 2 aromatic heterocycles. The molecule has 2 nitrogen and oxygen atoms in total. The van der Waals surface area contributed by atoms with Crippen LogP contribution in [0.3, 0.4) is 0 Å². The molecular weight excluding hydrogens is 278 g/mol. The maximum atomic E-state index is 10.7. The Kier molecular flexibility index (Phi) is 2.95. The third-order valence-corrected chi connectivity index (χ3v) is 4.68. The van der Waals surface area contributed by atoms with Crippen molar-refractivity contribution in [3.05, 3.63) is 77.3 Å². The van der Waals surface area contributed by atoms with Crippen molar-refractivity contribution in [1.82, 2.24) is 4.98 Å². The first-order valence-corrected chi connectivity index (χ1v) is 7.71. The molecular formula is C18H13NOS. The zero-order chi connectivity index (χ0) is 14.2. The summed E-state index contributed by atoms with van der Waals surface area (Å²) >= 11 is 1.65. The predicted octanol–water partition coefficient (Wildman–Crippen LogP) is 4.53. The predicted molar refractivity (Wildman–Crippen MR) is 87.6 cm³/mol. The van der Waals surface area contributed by atoms with Crippen LogP contribution >= 0.6 is 11.3 Å². The zero-order valence-corrected chi connectivity index (χ0v) is 12.0. The first-order valence-electron chi connectivity index (χ1n) is 6.83. The Morgan fingerprint density at radius 2 is 1.71 bits per heavy atom. The molecule has 2 heterocycles. The lowest BCUT2D eigenvalue weighted by Gasteiger charge is -2.12. The summed E-state index contributed by atoms with van der Waals surface area (Å²) in [6, 6.07) is 20.0. The minimum Gasteiger partial charge on any atom is -0.382 e. The summed E-state index contributed by atoms with van der Waals surface area (Å²) in [7, 11) is 0. The van der Waals surface area contributed by atoms with Crippen molar-refractivity contribution in [2.24, 2.45) is 0 Å². The second-order valence-corrected chi connectivity index (χ2v) is 5.93. The van der Waals surface area contributed by atoms with Crippen LogP contribution in [-0.4, -0.2) is 10.1 Å². The van der Waals surface area contributed by atoms with E-state index in [4.69, 9.17) is 0 Å². The number of para-hydroxylation sites is 1. The van der Waals surface area contributed by atoms with E-state index in [-0.39, 0.29) is 0 Å². The average Bonchev–Trinajstić information content (AvgIpc) is 3.02. The fourth-order valence-electron chi connectivity index (χ4n) is 2.62. The number of aromatic nitrogens is 1. The largest absolute Gasteiger partial charge is 0.382 e. The summed E-state index contributed by atoms with van der Waals surface area (Å²) < 4.78 is 1.12. The number of benzene rings is 2. The standard InChI is InChI=1S/C18H13NOS/c20-17(14-6-3-5-13-10-11-21-18(13)14)16-9-8-12-4-1-2-7-15(12)19-16/h1-11,17,20H. The highest BCUT2D eigenvalue weighted by atomic mass is 32.1. The smallest absolute Gasteiger partial charge is 0.122 e. The summed E-state index contributed by atoms with van der Waals surface area (Å²) in [6.45, 7) is 0.